The number of methoxy groups -OCH3 is 1. The van der Waals surface area contributed by atoms with Crippen LogP contribution in [0.4, 0.5) is 11.4 Å². The monoisotopic (exact) mass is 338 g/mol. The molecule has 3 rings (SSSR count). The zero-order valence-corrected chi connectivity index (χ0v) is 14.7. The Balaban J connectivity index is 1.90. The predicted octanol–water partition coefficient (Wildman–Crippen LogP) is 3.03. The topological polar surface area (TPSA) is 49.9 Å². The molecule has 0 aliphatic carbocycles. The lowest BCUT2D eigenvalue weighted by atomic mass is 10.1. The van der Waals surface area contributed by atoms with Crippen LogP contribution in [0.1, 0.15) is 19.4 Å². The molecule has 5 heteroatoms. The van der Waals surface area contributed by atoms with E-state index in [1.165, 1.54) is 0 Å². The van der Waals surface area contributed by atoms with Crippen molar-refractivity contribution in [1.82, 2.24) is 0 Å². The number of anilines is 2. The molecular formula is C20H22N2O3. The molecule has 0 atom stereocenters. The molecule has 1 heterocycles. The molecule has 0 saturated carbocycles. The van der Waals surface area contributed by atoms with E-state index >= 15 is 0 Å². The summed E-state index contributed by atoms with van der Waals surface area (Å²) < 4.78 is 5.21. The number of benzene rings is 2. The summed E-state index contributed by atoms with van der Waals surface area (Å²) in [6.45, 7) is 4.02. The molecular weight excluding hydrogens is 316 g/mol. The van der Waals surface area contributed by atoms with Crippen LogP contribution in [0.5, 0.6) is 5.75 Å². The number of hydrogen-bond donors (Lipinski definition) is 0. The number of carbonyl (C=O) groups is 2. The first-order valence-corrected chi connectivity index (χ1v) is 8.35. The van der Waals surface area contributed by atoms with Crippen LogP contribution < -0.4 is 14.5 Å². The summed E-state index contributed by atoms with van der Waals surface area (Å²) in [5.41, 5.74) is 2.43. The SMILES string of the molecule is COc1cccc(CC(=O)N2CC(=O)N(C(C)C)c3ccccc32)c1. The second-order valence-electron chi connectivity index (χ2n) is 6.35. The fraction of sp³-hybridized carbons (Fsp3) is 0.300. The zero-order chi connectivity index (χ0) is 18.0. The van der Waals surface area contributed by atoms with Gasteiger partial charge >= 0.3 is 0 Å². The van der Waals surface area contributed by atoms with Crippen LogP contribution >= 0.6 is 0 Å². The Kier molecular flexibility index (Phi) is 4.74. The number of fused-ring (bicyclic) bond motifs is 1. The lowest BCUT2D eigenvalue weighted by Crippen LogP contribution is -2.50. The standard InChI is InChI=1S/C20H22N2O3/c1-14(2)22-18-10-5-4-9-17(18)21(13-20(22)24)19(23)12-15-7-6-8-16(11-15)25-3/h4-11,14H,12-13H2,1-3H3. The summed E-state index contributed by atoms with van der Waals surface area (Å²) in [5, 5.41) is 0. The fourth-order valence-electron chi connectivity index (χ4n) is 3.17. The molecule has 0 saturated heterocycles. The molecule has 25 heavy (non-hydrogen) atoms. The van der Waals surface area contributed by atoms with Gasteiger partial charge in [-0.05, 0) is 43.7 Å². The van der Waals surface area contributed by atoms with Crippen molar-refractivity contribution in [2.75, 3.05) is 23.5 Å². The lowest BCUT2D eigenvalue weighted by Gasteiger charge is -2.38. The van der Waals surface area contributed by atoms with Gasteiger partial charge in [0.05, 0.1) is 24.9 Å². The minimum Gasteiger partial charge on any atom is -0.497 e. The summed E-state index contributed by atoms with van der Waals surface area (Å²) in [6, 6.07) is 15.0. The molecule has 2 aromatic carbocycles. The first kappa shape index (κ1) is 17.0. The summed E-state index contributed by atoms with van der Waals surface area (Å²) >= 11 is 0. The van der Waals surface area contributed by atoms with Crippen molar-refractivity contribution in [3.05, 3.63) is 54.1 Å². The summed E-state index contributed by atoms with van der Waals surface area (Å²) in [5.74, 6) is 0.552. The maximum atomic E-state index is 12.9. The van der Waals surface area contributed by atoms with Gasteiger partial charge in [-0.25, -0.2) is 0 Å². The van der Waals surface area contributed by atoms with Gasteiger partial charge in [0.25, 0.3) is 0 Å². The largest absolute Gasteiger partial charge is 0.497 e. The van der Waals surface area contributed by atoms with E-state index in [1.54, 1.807) is 16.9 Å². The fourth-order valence-corrected chi connectivity index (χ4v) is 3.17. The van der Waals surface area contributed by atoms with Gasteiger partial charge in [-0.3, -0.25) is 9.59 Å². The molecule has 0 aromatic heterocycles. The van der Waals surface area contributed by atoms with Crippen molar-refractivity contribution >= 4 is 23.2 Å². The van der Waals surface area contributed by atoms with Crippen LogP contribution in [-0.4, -0.2) is 31.5 Å². The van der Waals surface area contributed by atoms with Crippen LogP contribution in [0.2, 0.25) is 0 Å². The highest BCUT2D eigenvalue weighted by Crippen LogP contribution is 2.35. The summed E-state index contributed by atoms with van der Waals surface area (Å²) in [4.78, 5) is 28.8. The van der Waals surface area contributed by atoms with Gasteiger partial charge in [-0.1, -0.05) is 24.3 Å². The van der Waals surface area contributed by atoms with Crippen LogP contribution in [0, 0.1) is 0 Å². The number of amides is 2. The molecule has 0 N–H and O–H groups in total. The third-order valence-electron chi connectivity index (χ3n) is 4.30. The molecule has 2 aromatic rings. The quantitative estimate of drug-likeness (QED) is 0.861. The van der Waals surface area contributed by atoms with Crippen molar-refractivity contribution < 1.29 is 14.3 Å². The summed E-state index contributed by atoms with van der Waals surface area (Å²) in [6.07, 6.45) is 0.223. The Morgan fingerprint density at radius 1 is 1.12 bits per heavy atom. The van der Waals surface area contributed by atoms with E-state index in [2.05, 4.69) is 0 Å². The Hall–Kier alpha value is -2.82. The number of nitrogens with zero attached hydrogens (tertiary/aromatic N) is 2. The van der Waals surface area contributed by atoms with Crippen molar-refractivity contribution in [3.63, 3.8) is 0 Å². The van der Waals surface area contributed by atoms with Crippen molar-refractivity contribution in [1.29, 1.82) is 0 Å². The second-order valence-corrected chi connectivity index (χ2v) is 6.35. The van der Waals surface area contributed by atoms with E-state index in [9.17, 15) is 9.59 Å². The third-order valence-corrected chi connectivity index (χ3v) is 4.30. The van der Waals surface area contributed by atoms with Crippen LogP contribution in [-0.2, 0) is 16.0 Å². The first-order chi connectivity index (χ1) is 12.0. The minimum absolute atomic E-state index is 0.0456. The van der Waals surface area contributed by atoms with Crippen molar-refractivity contribution in [3.8, 4) is 5.75 Å². The molecule has 0 fully saturated rings. The van der Waals surface area contributed by atoms with E-state index in [-0.39, 0.29) is 30.8 Å². The van der Waals surface area contributed by atoms with Crippen molar-refractivity contribution in [2.24, 2.45) is 0 Å². The van der Waals surface area contributed by atoms with Crippen LogP contribution in [0.25, 0.3) is 0 Å². The van der Waals surface area contributed by atoms with Gasteiger partial charge in [0.1, 0.15) is 12.3 Å². The van der Waals surface area contributed by atoms with Gasteiger partial charge in [-0.15, -0.1) is 0 Å². The van der Waals surface area contributed by atoms with Gasteiger partial charge in [0.2, 0.25) is 11.8 Å². The van der Waals surface area contributed by atoms with E-state index < -0.39 is 0 Å². The van der Waals surface area contributed by atoms with Crippen molar-refractivity contribution in [2.45, 2.75) is 26.3 Å². The molecule has 2 amide bonds. The Labute approximate surface area is 147 Å². The molecule has 5 nitrogen and oxygen atoms in total. The predicted molar refractivity (Wildman–Crippen MR) is 98.1 cm³/mol. The molecule has 0 radical (unpaired) electrons. The third kappa shape index (κ3) is 3.36. The second kappa shape index (κ2) is 6.97. The Morgan fingerprint density at radius 2 is 1.84 bits per heavy atom. The van der Waals surface area contributed by atoms with E-state index in [4.69, 9.17) is 4.74 Å². The molecule has 1 aliphatic rings. The highest BCUT2D eigenvalue weighted by atomic mass is 16.5. The average Bonchev–Trinajstić information content (AvgIpc) is 2.60. The highest BCUT2D eigenvalue weighted by molar-refractivity contribution is 6.11. The molecule has 0 unspecified atom stereocenters. The van der Waals surface area contributed by atoms with E-state index in [0.29, 0.717) is 5.75 Å². The summed E-state index contributed by atoms with van der Waals surface area (Å²) in [7, 11) is 1.60. The molecule has 1 aliphatic heterocycles. The number of hydrogen-bond acceptors (Lipinski definition) is 3. The number of rotatable bonds is 4. The van der Waals surface area contributed by atoms with Crippen LogP contribution in [0.15, 0.2) is 48.5 Å². The van der Waals surface area contributed by atoms with Gasteiger partial charge < -0.3 is 14.5 Å². The zero-order valence-electron chi connectivity index (χ0n) is 14.7. The smallest absolute Gasteiger partial charge is 0.247 e. The lowest BCUT2D eigenvalue weighted by molar-refractivity contribution is -0.122. The Morgan fingerprint density at radius 3 is 2.52 bits per heavy atom. The number of carbonyl (C=O) groups excluding carboxylic acids is 2. The number of para-hydroxylation sites is 2. The molecule has 130 valence electrons. The van der Waals surface area contributed by atoms with E-state index in [0.717, 1.165) is 16.9 Å². The Bertz CT molecular complexity index is 801. The van der Waals surface area contributed by atoms with Crippen LogP contribution in [0.3, 0.4) is 0 Å². The first-order valence-electron chi connectivity index (χ1n) is 8.35. The van der Waals surface area contributed by atoms with E-state index in [1.807, 2.05) is 62.4 Å². The van der Waals surface area contributed by atoms with Gasteiger partial charge in [0, 0.05) is 6.04 Å². The van der Waals surface area contributed by atoms with Gasteiger partial charge in [0.15, 0.2) is 0 Å². The van der Waals surface area contributed by atoms with Gasteiger partial charge in [-0.2, -0.15) is 0 Å². The normalized spacial score (nSPS) is 13.8. The minimum atomic E-state index is -0.0996. The molecule has 0 spiro atoms. The highest BCUT2D eigenvalue weighted by Gasteiger charge is 2.33. The average molecular weight is 338 g/mol. The number of ether oxygens (including phenoxy) is 1. The maximum Gasteiger partial charge on any atom is 0.247 e. The molecule has 0 bridgehead atoms. The maximum absolute atomic E-state index is 12.9.